The van der Waals surface area contributed by atoms with Crippen molar-refractivity contribution in [3.8, 4) is 0 Å². The Hall–Kier alpha value is -2.38. The zero-order valence-electron chi connectivity index (χ0n) is 14.0. The molecule has 6 nitrogen and oxygen atoms in total. The van der Waals surface area contributed by atoms with E-state index in [4.69, 9.17) is 0 Å². The number of amides is 1. The molecule has 0 aliphatic carbocycles. The Morgan fingerprint density at radius 2 is 2.00 bits per heavy atom. The molecule has 2 aromatic heterocycles. The molecule has 3 heterocycles. The summed E-state index contributed by atoms with van der Waals surface area (Å²) in [7, 11) is 0. The fourth-order valence-corrected chi connectivity index (χ4v) is 3.88. The van der Waals surface area contributed by atoms with E-state index in [0.717, 1.165) is 52.7 Å². The van der Waals surface area contributed by atoms with Crippen molar-refractivity contribution < 1.29 is 4.79 Å². The molecule has 0 spiro atoms. The first kappa shape index (κ1) is 16.1. The second-order valence-corrected chi connectivity index (χ2v) is 7.46. The molecule has 3 aromatic rings. The van der Waals surface area contributed by atoms with E-state index in [1.54, 1.807) is 23.7 Å². The zero-order valence-corrected chi connectivity index (χ0v) is 14.8. The van der Waals surface area contributed by atoms with Crippen molar-refractivity contribution in [3.63, 3.8) is 0 Å². The number of aromatic nitrogens is 3. The molecule has 1 saturated heterocycles. The maximum Gasteiger partial charge on any atom is 0.258 e. The third-order valence-electron chi connectivity index (χ3n) is 4.39. The normalized spacial score (nSPS) is 15.4. The molecule has 7 heteroatoms. The minimum atomic E-state index is -0.205. The molecule has 1 aromatic carbocycles. The summed E-state index contributed by atoms with van der Waals surface area (Å²) < 4.78 is 1.12. The van der Waals surface area contributed by atoms with E-state index in [1.165, 1.54) is 0 Å². The van der Waals surface area contributed by atoms with Gasteiger partial charge in [0.05, 0.1) is 20.8 Å². The zero-order chi connectivity index (χ0) is 17.2. The van der Waals surface area contributed by atoms with Gasteiger partial charge in [0.25, 0.3) is 5.91 Å². The van der Waals surface area contributed by atoms with Crippen LogP contribution >= 0.6 is 11.3 Å². The van der Waals surface area contributed by atoms with Crippen LogP contribution in [0.2, 0.25) is 0 Å². The van der Waals surface area contributed by atoms with Gasteiger partial charge in [0.1, 0.15) is 5.82 Å². The van der Waals surface area contributed by atoms with Crippen molar-refractivity contribution in [1.82, 2.24) is 20.3 Å². The quantitative estimate of drug-likeness (QED) is 0.756. The number of carbonyl (C=O) groups is 1. The second kappa shape index (κ2) is 6.85. The molecule has 1 fully saturated rings. The predicted molar refractivity (Wildman–Crippen MR) is 99.2 cm³/mol. The van der Waals surface area contributed by atoms with Gasteiger partial charge in [-0.2, -0.15) is 0 Å². The first-order chi connectivity index (χ1) is 12.2. The lowest BCUT2D eigenvalue weighted by Gasteiger charge is -2.21. The SMILES string of the molecule is Cc1nc2cc(NC(=O)c3cnc(C4CCNCC4)nc3)ccc2s1. The van der Waals surface area contributed by atoms with Crippen LogP contribution in [-0.2, 0) is 0 Å². The van der Waals surface area contributed by atoms with Crippen molar-refractivity contribution in [2.24, 2.45) is 0 Å². The van der Waals surface area contributed by atoms with Gasteiger partial charge in [-0.05, 0) is 51.1 Å². The minimum absolute atomic E-state index is 0.205. The molecule has 0 atom stereocenters. The number of nitrogens with zero attached hydrogens (tertiary/aromatic N) is 3. The van der Waals surface area contributed by atoms with Gasteiger partial charge in [0, 0.05) is 24.0 Å². The highest BCUT2D eigenvalue weighted by atomic mass is 32.1. The van der Waals surface area contributed by atoms with Crippen molar-refractivity contribution in [1.29, 1.82) is 0 Å². The summed E-state index contributed by atoms with van der Waals surface area (Å²) in [5, 5.41) is 7.24. The molecule has 0 saturated carbocycles. The number of piperidine rings is 1. The number of anilines is 1. The summed E-state index contributed by atoms with van der Waals surface area (Å²) >= 11 is 1.64. The van der Waals surface area contributed by atoms with Crippen LogP contribution in [0.1, 0.15) is 39.9 Å². The van der Waals surface area contributed by atoms with Crippen LogP contribution < -0.4 is 10.6 Å². The molecule has 4 rings (SSSR count). The number of aryl methyl sites for hydroxylation is 1. The number of carbonyl (C=O) groups excluding carboxylic acids is 1. The number of benzene rings is 1. The van der Waals surface area contributed by atoms with Crippen LogP contribution in [-0.4, -0.2) is 33.9 Å². The maximum atomic E-state index is 12.4. The topological polar surface area (TPSA) is 79.8 Å². The smallest absolute Gasteiger partial charge is 0.258 e. The third-order valence-corrected chi connectivity index (χ3v) is 5.34. The van der Waals surface area contributed by atoms with E-state index in [-0.39, 0.29) is 5.91 Å². The van der Waals surface area contributed by atoms with Crippen LogP contribution in [0.15, 0.2) is 30.6 Å². The van der Waals surface area contributed by atoms with Gasteiger partial charge in [0.15, 0.2) is 0 Å². The Bertz CT molecular complexity index is 899. The fraction of sp³-hybridized carbons (Fsp3) is 0.333. The standard InChI is InChI=1S/C18H19N5OS/c1-11-22-15-8-14(2-3-16(15)25-11)23-18(24)13-9-20-17(21-10-13)12-4-6-19-7-5-12/h2-3,8-10,12,19H,4-7H2,1H3,(H,23,24). The lowest BCUT2D eigenvalue weighted by atomic mass is 9.97. The van der Waals surface area contributed by atoms with Crippen molar-refractivity contribution in [2.75, 3.05) is 18.4 Å². The number of nitrogens with one attached hydrogen (secondary N) is 2. The Balaban J connectivity index is 1.47. The maximum absolute atomic E-state index is 12.4. The molecule has 128 valence electrons. The average molecular weight is 353 g/mol. The summed E-state index contributed by atoms with van der Waals surface area (Å²) in [5.41, 5.74) is 2.09. The van der Waals surface area contributed by atoms with E-state index in [2.05, 4.69) is 25.6 Å². The first-order valence-electron chi connectivity index (χ1n) is 8.40. The van der Waals surface area contributed by atoms with Gasteiger partial charge in [-0.3, -0.25) is 4.79 Å². The van der Waals surface area contributed by atoms with Crippen molar-refractivity contribution in [3.05, 3.63) is 47.0 Å². The number of rotatable bonds is 3. The largest absolute Gasteiger partial charge is 0.322 e. The summed E-state index contributed by atoms with van der Waals surface area (Å²) in [6.45, 7) is 3.97. The molecule has 0 unspecified atom stereocenters. The van der Waals surface area contributed by atoms with Crippen LogP contribution in [0.25, 0.3) is 10.2 Å². The van der Waals surface area contributed by atoms with Gasteiger partial charge in [-0.15, -0.1) is 11.3 Å². The summed E-state index contributed by atoms with van der Waals surface area (Å²) in [6.07, 6.45) is 5.31. The van der Waals surface area contributed by atoms with E-state index in [9.17, 15) is 4.79 Å². The molecule has 1 aliphatic rings. The molecule has 1 aliphatic heterocycles. The number of hydrogen-bond donors (Lipinski definition) is 2. The van der Waals surface area contributed by atoms with E-state index >= 15 is 0 Å². The fourth-order valence-electron chi connectivity index (χ4n) is 3.07. The number of hydrogen-bond acceptors (Lipinski definition) is 6. The second-order valence-electron chi connectivity index (χ2n) is 6.22. The predicted octanol–water partition coefficient (Wildman–Crippen LogP) is 3.11. The van der Waals surface area contributed by atoms with Gasteiger partial charge < -0.3 is 10.6 Å². The highest BCUT2D eigenvalue weighted by Crippen LogP contribution is 2.25. The van der Waals surface area contributed by atoms with Crippen molar-refractivity contribution >= 4 is 33.1 Å². The molecule has 1 amide bonds. The molecule has 2 N–H and O–H groups in total. The lowest BCUT2D eigenvalue weighted by molar-refractivity contribution is 0.102. The van der Waals surface area contributed by atoms with Crippen molar-refractivity contribution in [2.45, 2.75) is 25.7 Å². The third kappa shape index (κ3) is 3.52. The molecular weight excluding hydrogens is 334 g/mol. The van der Waals surface area contributed by atoms with E-state index in [1.807, 2.05) is 25.1 Å². The molecule has 0 radical (unpaired) electrons. The summed E-state index contributed by atoms with van der Waals surface area (Å²) in [5.74, 6) is 1.01. The highest BCUT2D eigenvalue weighted by molar-refractivity contribution is 7.18. The van der Waals surface area contributed by atoms with Crippen LogP contribution in [0.3, 0.4) is 0 Å². The Labute approximate surface area is 149 Å². The molecule has 25 heavy (non-hydrogen) atoms. The van der Waals surface area contributed by atoms with Gasteiger partial charge in [-0.1, -0.05) is 0 Å². The van der Waals surface area contributed by atoms with Gasteiger partial charge in [0.2, 0.25) is 0 Å². The molecule has 0 bridgehead atoms. The first-order valence-corrected chi connectivity index (χ1v) is 9.22. The van der Waals surface area contributed by atoms with E-state index in [0.29, 0.717) is 11.5 Å². The Morgan fingerprint density at radius 1 is 1.24 bits per heavy atom. The highest BCUT2D eigenvalue weighted by Gasteiger charge is 2.18. The Kier molecular flexibility index (Phi) is 4.42. The Morgan fingerprint density at radius 3 is 2.76 bits per heavy atom. The summed E-state index contributed by atoms with van der Waals surface area (Å²) in [4.78, 5) is 25.7. The van der Waals surface area contributed by atoms with Crippen LogP contribution in [0, 0.1) is 6.92 Å². The minimum Gasteiger partial charge on any atom is -0.322 e. The number of thiazole rings is 1. The average Bonchev–Trinajstić information content (AvgIpc) is 3.02. The van der Waals surface area contributed by atoms with Crippen LogP contribution in [0.4, 0.5) is 5.69 Å². The number of fused-ring (bicyclic) bond motifs is 1. The summed E-state index contributed by atoms with van der Waals surface area (Å²) in [6, 6.07) is 5.76. The van der Waals surface area contributed by atoms with Gasteiger partial charge >= 0.3 is 0 Å². The van der Waals surface area contributed by atoms with Crippen LogP contribution in [0.5, 0.6) is 0 Å². The van der Waals surface area contributed by atoms with Gasteiger partial charge in [-0.25, -0.2) is 15.0 Å². The lowest BCUT2D eigenvalue weighted by Crippen LogP contribution is -2.27. The monoisotopic (exact) mass is 353 g/mol. The van der Waals surface area contributed by atoms with E-state index < -0.39 is 0 Å². The molecular formula is C18H19N5OS.